The number of benzene rings is 1. The van der Waals surface area contributed by atoms with Crippen LogP contribution in [-0.2, 0) is 0 Å². The molecule has 216 valence electrons. The summed E-state index contributed by atoms with van der Waals surface area (Å²) in [7, 11) is 0. The van der Waals surface area contributed by atoms with Crippen LogP contribution in [0.1, 0.15) is 26.7 Å². The number of likely N-dealkylation sites (tertiary alicyclic amines) is 1. The number of fused-ring (bicyclic) bond motifs is 1. The lowest BCUT2D eigenvalue weighted by Gasteiger charge is -2.32. The molecule has 13 heteroatoms. The summed E-state index contributed by atoms with van der Waals surface area (Å²) < 4.78 is 25.3. The number of anilines is 2. The second-order valence-corrected chi connectivity index (χ2v) is 12.9. The Morgan fingerprint density at radius 2 is 2.10 bits per heavy atom. The number of rotatable bonds is 9. The van der Waals surface area contributed by atoms with E-state index in [1.807, 2.05) is 19.9 Å². The number of aromatic amines is 1. The van der Waals surface area contributed by atoms with Gasteiger partial charge in [0.2, 0.25) is 11.6 Å². The lowest BCUT2D eigenvalue weighted by molar-refractivity contribution is 0.201. The zero-order valence-corrected chi connectivity index (χ0v) is 24.1. The van der Waals surface area contributed by atoms with Gasteiger partial charge in [0, 0.05) is 55.9 Å². The van der Waals surface area contributed by atoms with Crippen LogP contribution in [0, 0.1) is 17.2 Å². The summed E-state index contributed by atoms with van der Waals surface area (Å²) in [6.07, 6.45) is 7.35. The highest BCUT2D eigenvalue weighted by molar-refractivity contribution is 7.97. The van der Waals surface area contributed by atoms with E-state index in [4.69, 9.17) is 4.74 Å². The van der Waals surface area contributed by atoms with Crippen LogP contribution in [0.5, 0.6) is 5.75 Å². The maximum Gasteiger partial charge on any atom is 0.247 e. The Labute approximate surface area is 242 Å². The summed E-state index contributed by atoms with van der Waals surface area (Å²) in [6, 6.07) is 5.29. The molecular formula is C28H35FN10OS. The van der Waals surface area contributed by atoms with Crippen molar-refractivity contribution in [1.29, 1.82) is 0 Å². The lowest BCUT2D eigenvalue weighted by Crippen LogP contribution is -2.48. The molecule has 7 rings (SSSR count). The fraction of sp³-hybridized carbons (Fsp3) is 0.500. The van der Waals surface area contributed by atoms with E-state index in [-0.39, 0.29) is 17.9 Å². The second-order valence-electron chi connectivity index (χ2n) is 11.8. The molecule has 0 aliphatic carbocycles. The topological polar surface area (TPSA) is 112 Å². The van der Waals surface area contributed by atoms with Gasteiger partial charge >= 0.3 is 0 Å². The first-order chi connectivity index (χ1) is 19.9. The number of halogens is 1. The molecule has 1 aromatic carbocycles. The summed E-state index contributed by atoms with van der Waals surface area (Å²) in [6.45, 7) is 11.9. The van der Waals surface area contributed by atoms with E-state index in [0.29, 0.717) is 28.2 Å². The van der Waals surface area contributed by atoms with Gasteiger partial charge in [-0.2, -0.15) is 14.6 Å². The molecule has 0 bridgehead atoms. The van der Waals surface area contributed by atoms with Crippen molar-refractivity contribution in [2.45, 2.75) is 37.7 Å². The predicted octanol–water partition coefficient (Wildman–Crippen LogP) is 3.81. The molecule has 0 amide bonds. The van der Waals surface area contributed by atoms with Gasteiger partial charge in [-0.15, -0.1) is 5.10 Å². The molecule has 6 heterocycles. The Balaban J connectivity index is 1.03. The quantitative estimate of drug-likeness (QED) is 0.254. The van der Waals surface area contributed by atoms with Gasteiger partial charge in [0.05, 0.1) is 18.0 Å². The highest BCUT2D eigenvalue weighted by Gasteiger charge is 2.44. The normalized spacial score (nSPS) is 21.9. The molecule has 11 nitrogen and oxygen atoms in total. The second kappa shape index (κ2) is 10.9. The van der Waals surface area contributed by atoms with Gasteiger partial charge in [0.15, 0.2) is 5.75 Å². The van der Waals surface area contributed by atoms with Crippen molar-refractivity contribution in [2.24, 2.45) is 11.3 Å². The smallest absolute Gasteiger partial charge is 0.247 e. The van der Waals surface area contributed by atoms with Gasteiger partial charge in [-0.05, 0) is 74.7 Å². The molecule has 1 spiro atoms. The van der Waals surface area contributed by atoms with Crippen molar-refractivity contribution in [3.05, 3.63) is 42.7 Å². The van der Waals surface area contributed by atoms with E-state index < -0.39 is 0 Å². The standard InChI is InChI=1S/C28H35FN10OS/c1-18(2)40-25-24(20-12-32-33-13-20)31-17-39-26(25)35-27(36-39)34-23-4-3-21(9-22(23)29)41-38-8-6-28(16-38)5-7-37(15-28)14-19-10-30-11-19/h3-4,9,12-13,17-19,30H,5-8,10-11,14-16H2,1-2H3,(H,32,33)(H,34,36). The molecule has 1 unspecified atom stereocenters. The van der Waals surface area contributed by atoms with E-state index in [9.17, 15) is 0 Å². The fourth-order valence-electron chi connectivity index (χ4n) is 6.07. The van der Waals surface area contributed by atoms with Gasteiger partial charge in [-0.25, -0.2) is 13.7 Å². The third-order valence-corrected chi connectivity index (χ3v) is 9.23. The third kappa shape index (κ3) is 5.51. The first-order valence-electron chi connectivity index (χ1n) is 14.3. The van der Waals surface area contributed by atoms with Crippen LogP contribution in [0.15, 0.2) is 41.8 Å². The van der Waals surface area contributed by atoms with E-state index in [0.717, 1.165) is 42.6 Å². The highest BCUT2D eigenvalue weighted by Crippen LogP contribution is 2.43. The summed E-state index contributed by atoms with van der Waals surface area (Å²) in [5.74, 6) is 1.22. The fourth-order valence-corrected chi connectivity index (χ4v) is 7.18. The van der Waals surface area contributed by atoms with Crippen molar-refractivity contribution >= 4 is 29.2 Å². The molecule has 0 saturated carbocycles. The zero-order chi connectivity index (χ0) is 28.0. The van der Waals surface area contributed by atoms with Crippen LogP contribution >= 0.6 is 11.9 Å². The molecule has 1 atom stereocenters. The molecule has 3 aliphatic heterocycles. The highest BCUT2D eigenvalue weighted by atomic mass is 32.2. The molecule has 0 radical (unpaired) electrons. The predicted molar refractivity (Wildman–Crippen MR) is 156 cm³/mol. The number of hydrogen-bond acceptors (Lipinski definition) is 10. The van der Waals surface area contributed by atoms with Crippen molar-refractivity contribution in [1.82, 2.24) is 44.3 Å². The van der Waals surface area contributed by atoms with Crippen LogP contribution in [-0.4, -0.2) is 90.9 Å². The van der Waals surface area contributed by atoms with Crippen LogP contribution in [0.25, 0.3) is 16.9 Å². The first kappa shape index (κ1) is 26.6. The Bertz CT molecular complexity index is 1520. The van der Waals surface area contributed by atoms with Crippen LogP contribution in [0.3, 0.4) is 0 Å². The van der Waals surface area contributed by atoms with E-state index >= 15 is 4.39 Å². The number of nitrogens with zero attached hydrogens (tertiary/aromatic N) is 7. The molecule has 4 aromatic rings. The average Bonchev–Trinajstić information content (AvgIpc) is 3.72. The Hall–Kier alpha value is -3.26. The summed E-state index contributed by atoms with van der Waals surface area (Å²) in [5.41, 5.74) is 2.56. The average molecular weight is 579 g/mol. The molecule has 3 saturated heterocycles. The van der Waals surface area contributed by atoms with Gasteiger partial charge in [0.25, 0.3) is 0 Å². The van der Waals surface area contributed by atoms with Crippen LogP contribution < -0.4 is 15.4 Å². The number of aromatic nitrogens is 6. The first-order valence-corrected chi connectivity index (χ1v) is 15.0. The lowest BCUT2D eigenvalue weighted by atomic mass is 9.86. The van der Waals surface area contributed by atoms with Gasteiger partial charge in [0.1, 0.15) is 17.8 Å². The summed E-state index contributed by atoms with van der Waals surface area (Å²) >= 11 is 1.65. The Kier molecular flexibility index (Phi) is 7.05. The van der Waals surface area contributed by atoms with E-state index in [1.54, 1.807) is 42.8 Å². The van der Waals surface area contributed by atoms with Crippen LogP contribution in [0.2, 0.25) is 0 Å². The maximum absolute atomic E-state index is 15.3. The molecule has 3 aliphatic rings. The molecule has 3 fully saturated rings. The number of H-pyrrole nitrogens is 1. The Morgan fingerprint density at radius 1 is 1.22 bits per heavy atom. The van der Waals surface area contributed by atoms with Gasteiger partial charge in [-0.3, -0.25) is 5.10 Å². The third-order valence-electron chi connectivity index (χ3n) is 8.20. The summed E-state index contributed by atoms with van der Waals surface area (Å²) in [4.78, 5) is 12.7. The zero-order valence-electron chi connectivity index (χ0n) is 23.3. The van der Waals surface area contributed by atoms with Crippen LogP contribution in [0.4, 0.5) is 16.0 Å². The van der Waals surface area contributed by atoms with Gasteiger partial charge < -0.3 is 20.3 Å². The van der Waals surface area contributed by atoms with Crippen molar-refractivity contribution < 1.29 is 9.13 Å². The number of nitrogens with one attached hydrogen (secondary N) is 3. The van der Waals surface area contributed by atoms with Crippen molar-refractivity contribution in [3.8, 4) is 17.0 Å². The summed E-state index contributed by atoms with van der Waals surface area (Å²) in [5, 5.41) is 17.7. The monoisotopic (exact) mass is 578 g/mol. The van der Waals surface area contributed by atoms with E-state index in [2.05, 4.69) is 45.1 Å². The molecule has 3 aromatic heterocycles. The van der Waals surface area contributed by atoms with Crippen molar-refractivity contribution in [2.75, 3.05) is 51.1 Å². The minimum Gasteiger partial charge on any atom is -0.485 e. The van der Waals surface area contributed by atoms with Crippen molar-refractivity contribution in [3.63, 3.8) is 0 Å². The SMILES string of the molecule is CC(C)Oc1c(-c2cn[nH]c2)ncn2nc(Nc3ccc(SN4CCC5(CCN(CC6CNC6)C5)C4)cc3F)nc12. The van der Waals surface area contributed by atoms with Gasteiger partial charge in [-0.1, -0.05) is 0 Å². The van der Waals surface area contributed by atoms with E-state index in [1.165, 1.54) is 37.0 Å². The molecule has 41 heavy (non-hydrogen) atoms. The molecule has 3 N–H and O–H groups in total. The minimum atomic E-state index is -0.347. The maximum atomic E-state index is 15.3. The number of hydrogen-bond donors (Lipinski definition) is 3. The Morgan fingerprint density at radius 3 is 2.85 bits per heavy atom. The largest absolute Gasteiger partial charge is 0.485 e. The number of ether oxygens (including phenoxy) is 1. The molecular weight excluding hydrogens is 543 g/mol. The minimum absolute atomic E-state index is 0.104.